The van der Waals surface area contributed by atoms with Crippen molar-refractivity contribution in [3.8, 4) is 0 Å². The molecule has 1 N–H and O–H groups in total. The molecule has 66 valence electrons. The molecule has 2 aliphatic heterocycles. The SMILES string of the molecule is O=C1C2CC2CN1C1CCCN1. The summed E-state index contributed by atoms with van der Waals surface area (Å²) in [4.78, 5) is 13.7. The number of carbonyl (C=O) groups excluding carboxylic acids is 1. The third-order valence-corrected chi connectivity index (χ3v) is 3.36. The van der Waals surface area contributed by atoms with E-state index in [2.05, 4.69) is 10.2 Å². The van der Waals surface area contributed by atoms with Crippen LogP contribution in [0.15, 0.2) is 0 Å². The predicted molar refractivity (Wildman–Crippen MR) is 44.3 cm³/mol. The van der Waals surface area contributed by atoms with Gasteiger partial charge in [-0.1, -0.05) is 0 Å². The van der Waals surface area contributed by atoms with E-state index < -0.39 is 0 Å². The summed E-state index contributed by atoms with van der Waals surface area (Å²) in [5, 5.41) is 3.38. The highest BCUT2D eigenvalue weighted by molar-refractivity contribution is 5.84. The summed E-state index contributed by atoms with van der Waals surface area (Å²) in [7, 11) is 0. The van der Waals surface area contributed by atoms with Gasteiger partial charge in [0.2, 0.25) is 5.91 Å². The van der Waals surface area contributed by atoms with Gasteiger partial charge in [-0.15, -0.1) is 0 Å². The Bertz CT molecular complexity index is 223. The Balaban J connectivity index is 1.73. The lowest BCUT2D eigenvalue weighted by molar-refractivity contribution is -0.132. The van der Waals surface area contributed by atoms with E-state index >= 15 is 0 Å². The van der Waals surface area contributed by atoms with Gasteiger partial charge in [-0.3, -0.25) is 10.1 Å². The minimum absolute atomic E-state index is 0.380. The molecule has 1 aliphatic carbocycles. The fourth-order valence-corrected chi connectivity index (χ4v) is 2.52. The number of hydrogen-bond donors (Lipinski definition) is 1. The second-order valence-corrected chi connectivity index (χ2v) is 4.21. The summed E-state index contributed by atoms with van der Waals surface area (Å²) in [5.74, 6) is 1.56. The minimum Gasteiger partial charge on any atom is -0.327 e. The van der Waals surface area contributed by atoms with E-state index in [1.165, 1.54) is 12.8 Å². The van der Waals surface area contributed by atoms with Crippen LogP contribution in [-0.2, 0) is 4.79 Å². The first kappa shape index (κ1) is 6.89. The lowest BCUT2D eigenvalue weighted by Crippen LogP contribution is -2.44. The van der Waals surface area contributed by atoms with Crippen LogP contribution in [0.3, 0.4) is 0 Å². The van der Waals surface area contributed by atoms with Crippen molar-refractivity contribution in [2.75, 3.05) is 13.1 Å². The van der Waals surface area contributed by atoms with Crippen LogP contribution in [0.1, 0.15) is 19.3 Å². The third-order valence-electron chi connectivity index (χ3n) is 3.36. The molecular formula is C9H14N2O. The van der Waals surface area contributed by atoms with Gasteiger partial charge in [0, 0.05) is 12.5 Å². The van der Waals surface area contributed by atoms with Gasteiger partial charge in [0.05, 0.1) is 6.17 Å². The molecule has 2 saturated heterocycles. The normalized spacial score (nSPS) is 45.2. The molecule has 0 aromatic rings. The lowest BCUT2D eigenvalue weighted by atomic mass is 10.3. The van der Waals surface area contributed by atoms with Crippen molar-refractivity contribution in [1.82, 2.24) is 10.2 Å². The number of fused-ring (bicyclic) bond motifs is 1. The van der Waals surface area contributed by atoms with Gasteiger partial charge < -0.3 is 4.90 Å². The van der Waals surface area contributed by atoms with Gasteiger partial charge in [0.1, 0.15) is 0 Å². The predicted octanol–water partition coefficient (Wildman–Crippen LogP) is 0.174. The van der Waals surface area contributed by atoms with Crippen LogP contribution < -0.4 is 5.32 Å². The Labute approximate surface area is 72.1 Å². The Kier molecular flexibility index (Phi) is 1.28. The molecule has 2 heterocycles. The van der Waals surface area contributed by atoms with Crippen LogP contribution in [0.4, 0.5) is 0 Å². The summed E-state index contributed by atoms with van der Waals surface area (Å²) in [6.07, 6.45) is 3.93. The zero-order valence-electron chi connectivity index (χ0n) is 7.12. The van der Waals surface area contributed by atoms with Crippen molar-refractivity contribution in [3.63, 3.8) is 0 Å². The number of amides is 1. The summed E-state index contributed by atoms with van der Waals surface area (Å²) in [6.45, 7) is 2.12. The molecule has 3 rings (SSSR count). The van der Waals surface area contributed by atoms with Crippen molar-refractivity contribution < 1.29 is 4.79 Å². The first-order chi connectivity index (χ1) is 5.86. The summed E-state index contributed by atoms with van der Waals surface area (Å²) in [6, 6.07) is 0. The Morgan fingerprint density at radius 1 is 1.50 bits per heavy atom. The molecule has 3 atom stereocenters. The molecule has 0 aromatic carbocycles. The molecular weight excluding hydrogens is 152 g/mol. The average Bonchev–Trinajstić information content (AvgIpc) is 2.54. The second-order valence-electron chi connectivity index (χ2n) is 4.21. The van der Waals surface area contributed by atoms with Gasteiger partial charge in [0.15, 0.2) is 0 Å². The van der Waals surface area contributed by atoms with E-state index in [1.807, 2.05) is 0 Å². The number of rotatable bonds is 1. The highest BCUT2D eigenvalue weighted by Gasteiger charge is 2.53. The lowest BCUT2D eigenvalue weighted by Gasteiger charge is -2.25. The minimum atomic E-state index is 0.380. The number of piperidine rings is 1. The molecule has 0 radical (unpaired) electrons. The Morgan fingerprint density at radius 3 is 3.00 bits per heavy atom. The number of carbonyl (C=O) groups is 1. The van der Waals surface area contributed by atoms with E-state index in [-0.39, 0.29) is 0 Å². The molecule has 3 fully saturated rings. The smallest absolute Gasteiger partial charge is 0.227 e. The molecule has 0 bridgehead atoms. The Morgan fingerprint density at radius 2 is 2.42 bits per heavy atom. The monoisotopic (exact) mass is 166 g/mol. The van der Waals surface area contributed by atoms with Gasteiger partial charge in [-0.25, -0.2) is 0 Å². The molecule has 3 heteroatoms. The molecule has 3 unspecified atom stereocenters. The standard InChI is InChI=1S/C9H14N2O/c12-9-7-4-6(7)5-11(9)8-2-1-3-10-8/h6-8,10H,1-5H2. The average molecular weight is 166 g/mol. The van der Waals surface area contributed by atoms with Crippen molar-refractivity contribution in [2.45, 2.75) is 25.4 Å². The first-order valence-electron chi connectivity index (χ1n) is 4.90. The maximum absolute atomic E-state index is 11.6. The highest BCUT2D eigenvalue weighted by Crippen LogP contribution is 2.46. The van der Waals surface area contributed by atoms with E-state index in [9.17, 15) is 4.79 Å². The van der Waals surface area contributed by atoms with Crippen LogP contribution in [0.2, 0.25) is 0 Å². The van der Waals surface area contributed by atoms with Gasteiger partial charge in [-0.2, -0.15) is 0 Å². The summed E-state index contributed by atoms with van der Waals surface area (Å²) < 4.78 is 0. The van der Waals surface area contributed by atoms with Crippen molar-refractivity contribution in [2.24, 2.45) is 11.8 Å². The quantitative estimate of drug-likeness (QED) is 0.602. The molecule has 3 nitrogen and oxygen atoms in total. The van der Waals surface area contributed by atoms with Crippen LogP contribution in [0, 0.1) is 11.8 Å². The highest BCUT2D eigenvalue weighted by atomic mass is 16.2. The number of nitrogens with one attached hydrogen (secondary N) is 1. The summed E-state index contributed by atoms with van der Waals surface area (Å²) in [5.41, 5.74) is 0. The van der Waals surface area contributed by atoms with E-state index in [1.54, 1.807) is 0 Å². The van der Waals surface area contributed by atoms with Gasteiger partial charge in [-0.05, 0) is 31.7 Å². The van der Waals surface area contributed by atoms with Gasteiger partial charge >= 0.3 is 0 Å². The van der Waals surface area contributed by atoms with Crippen LogP contribution in [0.25, 0.3) is 0 Å². The molecule has 1 amide bonds. The van der Waals surface area contributed by atoms with Gasteiger partial charge in [0.25, 0.3) is 0 Å². The fraction of sp³-hybridized carbons (Fsp3) is 0.889. The van der Waals surface area contributed by atoms with Crippen LogP contribution in [0.5, 0.6) is 0 Å². The van der Waals surface area contributed by atoms with Crippen molar-refractivity contribution >= 4 is 5.91 Å². The number of hydrogen-bond acceptors (Lipinski definition) is 2. The van der Waals surface area contributed by atoms with Crippen LogP contribution >= 0.6 is 0 Å². The van der Waals surface area contributed by atoms with E-state index in [0.717, 1.165) is 25.4 Å². The summed E-state index contributed by atoms with van der Waals surface area (Å²) >= 11 is 0. The molecule has 0 aromatic heterocycles. The molecule has 12 heavy (non-hydrogen) atoms. The first-order valence-corrected chi connectivity index (χ1v) is 4.90. The van der Waals surface area contributed by atoms with E-state index in [0.29, 0.717) is 18.0 Å². The maximum atomic E-state index is 11.6. The van der Waals surface area contributed by atoms with Crippen LogP contribution in [-0.4, -0.2) is 30.1 Å². The third kappa shape index (κ3) is 0.829. The fourth-order valence-electron chi connectivity index (χ4n) is 2.52. The topological polar surface area (TPSA) is 32.3 Å². The van der Waals surface area contributed by atoms with Crippen molar-refractivity contribution in [1.29, 1.82) is 0 Å². The van der Waals surface area contributed by atoms with Crippen molar-refractivity contribution in [3.05, 3.63) is 0 Å². The zero-order valence-corrected chi connectivity index (χ0v) is 7.12. The largest absolute Gasteiger partial charge is 0.327 e. The number of nitrogens with zero attached hydrogens (tertiary/aromatic N) is 1. The molecule has 1 saturated carbocycles. The Hall–Kier alpha value is -0.570. The maximum Gasteiger partial charge on any atom is 0.227 e. The molecule has 0 spiro atoms. The zero-order chi connectivity index (χ0) is 8.13. The molecule has 3 aliphatic rings. The second kappa shape index (κ2) is 2.22. The van der Waals surface area contributed by atoms with E-state index in [4.69, 9.17) is 0 Å². The number of likely N-dealkylation sites (tertiary alicyclic amines) is 1.